The quantitative estimate of drug-likeness (QED) is 0.664. The second kappa shape index (κ2) is 9.90. The third-order valence-corrected chi connectivity index (χ3v) is 5.24. The van der Waals surface area contributed by atoms with Gasteiger partial charge < -0.3 is 15.0 Å². The summed E-state index contributed by atoms with van der Waals surface area (Å²) in [6.45, 7) is 8.18. The molecule has 1 aliphatic heterocycles. The fraction of sp³-hybridized carbons (Fsp3) is 0.591. The summed E-state index contributed by atoms with van der Waals surface area (Å²) < 4.78 is 5.76. The maximum absolute atomic E-state index is 12.0. The van der Waals surface area contributed by atoms with Gasteiger partial charge in [-0.25, -0.2) is 0 Å². The molecule has 0 spiro atoms. The van der Waals surface area contributed by atoms with Crippen molar-refractivity contribution in [1.29, 1.82) is 0 Å². The maximum atomic E-state index is 12.0. The predicted molar refractivity (Wildman–Crippen MR) is 110 cm³/mol. The number of nitrogens with one attached hydrogen (secondary N) is 2. The first-order chi connectivity index (χ1) is 13.1. The Morgan fingerprint density at radius 3 is 2.78 bits per heavy atom. The first-order valence-corrected chi connectivity index (χ1v) is 10.3. The number of hydrogen-bond donors (Lipinski definition) is 2. The molecule has 2 atom stereocenters. The molecule has 2 heterocycles. The lowest BCUT2D eigenvalue weighted by Gasteiger charge is -2.35. The van der Waals surface area contributed by atoms with Crippen LogP contribution in [-0.2, 0) is 16.0 Å². The van der Waals surface area contributed by atoms with E-state index in [0.29, 0.717) is 18.6 Å². The summed E-state index contributed by atoms with van der Waals surface area (Å²) in [5.74, 6) is 0.170. The molecule has 1 amide bonds. The van der Waals surface area contributed by atoms with Crippen molar-refractivity contribution in [3.05, 3.63) is 36.0 Å². The van der Waals surface area contributed by atoms with Crippen LogP contribution in [0.4, 0.5) is 0 Å². The average molecular weight is 372 g/mol. The Kier molecular flexibility index (Phi) is 7.30. The monoisotopic (exact) mass is 371 g/mol. The number of para-hydroxylation sites is 1. The summed E-state index contributed by atoms with van der Waals surface area (Å²) in [7, 11) is 0. The molecule has 0 radical (unpaired) electrons. The third-order valence-electron chi connectivity index (χ3n) is 5.24. The van der Waals surface area contributed by atoms with Crippen LogP contribution in [0.3, 0.4) is 0 Å². The van der Waals surface area contributed by atoms with Crippen molar-refractivity contribution in [2.75, 3.05) is 26.2 Å². The zero-order chi connectivity index (χ0) is 19.1. The highest BCUT2D eigenvalue weighted by atomic mass is 16.5. The number of carbonyl (C=O) groups is 1. The Bertz CT molecular complexity index is 717. The lowest BCUT2D eigenvalue weighted by molar-refractivity contribution is -0.121. The van der Waals surface area contributed by atoms with Crippen molar-refractivity contribution in [1.82, 2.24) is 15.2 Å². The van der Waals surface area contributed by atoms with Gasteiger partial charge >= 0.3 is 0 Å². The molecule has 0 bridgehead atoms. The van der Waals surface area contributed by atoms with Crippen LogP contribution in [0.1, 0.15) is 45.1 Å². The SMILES string of the molecule is CC1CN(CCCCNC(=O)CCCc2c[nH]c3ccccc23)CC(C)O1. The molecule has 1 fully saturated rings. The summed E-state index contributed by atoms with van der Waals surface area (Å²) in [5.41, 5.74) is 2.47. The average Bonchev–Trinajstić information content (AvgIpc) is 3.04. The molecule has 5 heteroatoms. The number of rotatable bonds is 9. The summed E-state index contributed by atoms with van der Waals surface area (Å²) in [4.78, 5) is 17.8. The summed E-state index contributed by atoms with van der Waals surface area (Å²) in [5, 5.41) is 4.33. The van der Waals surface area contributed by atoms with Crippen LogP contribution < -0.4 is 5.32 Å². The molecule has 1 aliphatic rings. The Hall–Kier alpha value is -1.85. The highest BCUT2D eigenvalue weighted by molar-refractivity contribution is 5.83. The van der Waals surface area contributed by atoms with E-state index in [9.17, 15) is 4.79 Å². The Labute approximate surface area is 162 Å². The number of ether oxygens (including phenoxy) is 1. The van der Waals surface area contributed by atoms with E-state index in [1.54, 1.807) is 0 Å². The van der Waals surface area contributed by atoms with Gasteiger partial charge in [-0.3, -0.25) is 9.69 Å². The van der Waals surface area contributed by atoms with E-state index in [4.69, 9.17) is 4.74 Å². The number of aromatic nitrogens is 1. The zero-order valence-electron chi connectivity index (χ0n) is 16.7. The van der Waals surface area contributed by atoms with Gasteiger partial charge in [0, 0.05) is 43.2 Å². The van der Waals surface area contributed by atoms with Gasteiger partial charge in [0.15, 0.2) is 0 Å². The first-order valence-electron chi connectivity index (χ1n) is 10.3. The summed E-state index contributed by atoms with van der Waals surface area (Å²) in [6, 6.07) is 8.32. The second-order valence-corrected chi connectivity index (χ2v) is 7.79. The molecular weight excluding hydrogens is 338 g/mol. The molecule has 3 rings (SSSR count). The minimum atomic E-state index is 0.170. The smallest absolute Gasteiger partial charge is 0.220 e. The van der Waals surface area contributed by atoms with Gasteiger partial charge in [0.1, 0.15) is 0 Å². The van der Waals surface area contributed by atoms with E-state index in [-0.39, 0.29) is 5.91 Å². The molecule has 148 valence electrons. The van der Waals surface area contributed by atoms with E-state index in [0.717, 1.165) is 51.9 Å². The van der Waals surface area contributed by atoms with Gasteiger partial charge in [0.25, 0.3) is 0 Å². The van der Waals surface area contributed by atoms with Crippen molar-refractivity contribution in [2.24, 2.45) is 0 Å². The molecule has 27 heavy (non-hydrogen) atoms. The topological polar surface area (TPSA) is 57.4 Å². The molecular formula is C22H33N3O2. The number of H-pyrrole nitrogens is 1. The first kappa shape index (κ1) is 19.9. The Balaban J connectivity index is 1.26. The molecule has 0 aliphatic carbocycles. The van der Waals surface area contributed by atoms with E-state index < -0.39 is 0 Å². The van der Waals surface area contributed by atoms with Gasteiger partial charge in [0.05, 0.1) is 12.2 Å². The van der Waals surface area contributed by atoms with Crippen LogP contribution in [0.25, 0.3) is 10.9 Å². The van der Waals surface area contributed by atoms with Crippen molar-refractivity contribution < 1.29 is 9.53 Å². The highest BCUT2D eigenvalue weighted by Gasteiger charge is 2.21. The van der Waals surface area contributed by atoms with Gasteiger partial charge in [-0.05, 0) is 57.7 Å². The van der Waals surface area contributed by atoms with Gasteiger partial charge in [-0.15, -0.1) is 0 Å². The number of morpholine rings is 1. The number of nitrogens with zero attached hydrogens (tertiary/aromatic N) is 1. The number of unbranched alkanes of at least 4 members (excludes halogenated alkanes) is 1. The highest BCUT2D eigenvalue weighted by Crippen LogP contribution is 2.19. The fourth-order valence-electron chi connectivity index (χ4n) is 4.02. The summed E-state index contributed by atoms with van der Waals surface area (Å²) in [6.07, 6.45) is 7.29. The molecule has 2 unspecified atom stereocenters. The van der Waals surface area contributed by atoms with Gasteiger partial charge in [-0.1, -0.05) is 18.2 Å². The Morgan fingerprint density at radius 1 is 1.19 bits per heavy atom. The number of aromatic amines is 1. The van der Waals surface area contributed by atoms with Crippen LogP contribution in [0.5, 0.6) is 0 Å². The number of carbonyl (C=O) groups excluding carboxylic acids is 1. The van der Waals surface area contributed by atoms with E-state index >= 15 is 0 Å². The van der Waals surface area contributed by atoms with Crippen molar-refractivity contribution in [2.45, 2.75) is 58.2 Å². The van der Waals surface area contributed by atoms with Gasteiger partial charge in [0.2, 0.25) is 5.91 Å². The molecule has 1 saturated heterocycles. The van der Waals surface area contributed by atoms with Crippen LogP contribution in [0, 0.1) is 0 Å². The van der Waals surface area contributed by atoms with E-state index in [1.165, 1.54) is 16.5 Å². The normalized spacial score (nSPS) is 20.8. The van der Waals surface area contributed by atoms with Crippen molar-refractivity contribution in [3.63, 3.8) is 0 Å². The predicted octanol–water partition coefficient (Wildman–Crippen LogP) is 3.50. The number of hydrogen-bond acceptors (Lipinski definition) is 3. The molecule has 1 aromatic carbocycles. The van der Waals surface area contributed by atoms with Crippen molar-refractivity contribution in [3.8, 4) is 0 Å². The number of fused-ring (bicyclic) bond motifs is 1. The largest absolute Gasteiger partial charge is 0.373 e. The molecule has 1 aromatic heterocycles. The van der Waals surface area contributed by atoms with Crippen LogP contribution in [0.15, 0.2) is 30.5 Å². The van der Waals surface area contributed by atoms with E-state index in [2.05, 4.69) is 53.4 Å². The fourth-order valence-corrected chi connectivity index (χ4v) is 4.02. The van der Waals surface area contributed by atoms with Crippen LogP contribution in [-0.4, -0.2) is 54.2 Å². The maximum Gasteiger partial charge on any atom is 0.220 e. The van der Waals surface area contributed by atoms with Crippen LogP contribution in [0.2, 0.25) is 0 Å². The molecule has 0 saturated carbocycles. The molecule has 5 nitrogen and oxygen atoms in total. The van der Waals surface area contributed by atoms with Crippen LogP contribution >= 0.6 is 0 Å². The van der Waals surface area contributed by atoms with E-state index in [1.807, 2.05) is 6.07 Å². The minimum Gasteiger partial charge on any atom is -0.373 e. The summed E-state index contributed by atoms with van der Waals surface area (Å²) >= 11 is 0. The number of aryl methyl sites for hydroxylation is 1. The van der Waals surface area contributed by atoms with Crippen molar-refractivity contribution >= 4 is 16.8 Å². The van der Waals surface area contributed by atoms with Gasteiger partial charge in [-0.2, -0.15) is 0 Å². The number of amides is 1. The molecule has 2 N–H and O–H groups in total. The zero-order valence-corrected chi connectivity index (χ0v) is 16.7. The Morgan fingerprint density at radius 2 is 1.96 bits per heavy atom. The number of benzene rings is 1. The lowest BCUT2D eigenvalue weighted by atomic mass is 10.1. The lowest BCUT2D eigenvalue weighted by Crippen LogP contribution is -2.45. The minimum absolute atomic E-state index is 0.170. The second-order valence-electron chi connectivity index (χ2n) is 7.79. The standard InChI is InChI=1S/C22H33N3O2/c1-17-15-25(16-18(2)27-17)13-6-5-12-23-22(26)11-7-8-19-14-24-21-10-4-3-9-20(19)21/h3-4,9-10,14,17-18,24H,5-8,11-13,15-16H2,1-2H3,(H,23,26). The molecule has 2 aromatic rings. The third kappa shape index (κ3) is 6.08.